The standard InChI is InChI=1S/C12H16O4/c1-7(2)8-5-9-11(16-6-15-9)12(14-4)10(8)13-3/h5,7H,6H2,1-4H3. The molecule has 1 aromatic carbocycles. The molecular formula is C12H16O4. The number of hydrogen-bond acceptors (Lipinski definition) is 4. The van der Waals surface area contributed by atoms with E-state index in [9.17, 15) is 0 Å². The fourth-order valence-corrected chi connectivity index (χ4v) is 1.84. The van der Waals surface area contributed by atoms with Crippen LogP contribution in [-0.2, 0) is 0 Å². The highest BCUT2D eigenvalue weighted by molar-refractivity contribution is 5.64. The summed E-state index contributed by atoms with van der Waals surface area (Å²) < 4.78 is 21.5. The zero-order chi connectivity index (χ0) is 11.7. The van der Waals surface area contributed by atoms with Gasteiger partial charge < -0.3 is 18.9 Å². The highest BCUT2D eigenvalue weighted by Gasteiger charge is 2.26. The molecule has 0 atom stereocenters. The predicted octanol–water partition coefficient (Wildman–Crippen LogP) is 2.56. The third-order valence-electron chi connectivity index (χ3n) is 2.63. The Kier molecular flexibility index (Phi) is 2.81. The second-order valence-corrected chi connectivity index (χ2v) is 3.92. The Morgan fingerprint density at radius 3 is 2.38 bits per heavy atom. The molecule has 1 heterocycles. The maximum atomic E-state index is 5.39. The predicted molar refractivity (Wildman–Crippen MR) is 59.8 cm³/mol. The highest BCUT2D eigenvalue weighted by Crippen LogP contribution is 2.50. The summed E-state index contributed by atoms with van der Waals surface area (Å²) in [7, 11) is 3.23. The molecule has 0 aromatic heterocycles. The first-order chi connectivity index (χ1) is 7.69. The molecule has 2 rings (SSSR count). The average Bonchev–Trinajstić information content (AvgIpc) is 2.73. The van der Waals surface area contributed by atoms with E-state index in [4.69, 9.17) is 18.9 Å². The van der Waals surface area contributed by atoms with E-state index in [1.54, 1.807) is 14.2 Å². The molecule has 1 aliphatic heterocycles. The molecule has 0 spiro atoms. The Morgan fingerprint density at radius 2 is 1.81 bits per heavy atom. The molecule has 1 aromatic rings. The quantitative estimate of drug-likeness (QED) is 0.790. The summed E-state index contributed by atoms with van der Waals surface area (Å²) >= 11 is 0. The lowest BCUT2D eigenvalue weighted by molar-refractivity contribution is 0.170. The second-order valence-electron chi connectivity index (χ2n) is 3.92. The minimum absolute atomic E-state index is 0.233. The Hall–Kier alpha value is -1.58. The van der Waals surface area contributed by atoms with Gasteiger partial charge >= 0.3 is 0 Å². The van der Waals surface area contributed by atoms with Crippen LogP contribution in [-0.4, -0.2) is 21.0 Å². The summed E-state index contributed by atoms with van der Waals surface area (Å²) in [6.07, 6.45) is 0. The molecule has 0 amide bonds. The second kappa shape index (κ2) is 4.12. The van der Waals surface area contributed by atoms with Crippen molar-refractivity contribution in [1.29, 1.82) is 0 Å². The van der Waals surface area contributed by atoms with Gasteiger partial charge in [0.1, 0.15) is 0 Å². The zero-order valence-corrected chi connectivity index (χ0v) is 9.99. The number of hydrogen-bond donors (Lipinski definition) is 0. The number of rotatable bonds is 3. The van der Waals surface area contributed by atoms with Crippen molar-refractivity contribution in [2.75, 3.05) is 21.0 Å². The van der Waals surface area contributed by atoms with Crippen LogP contribution in [0.1, 0.15) is 25.3 Å². The summed E-state index contributed by atoms with van der Waals surface area (Å²) in [4.78, 5) is 0. The van der Waals surface area contributed by atoms with E-state index in [0.29, 0.717) is 17.4 Å². The molecule has 16 heavy (non-hydrogen) atoms. The molecule has 0 saturated heterocycles. The van der Waals surface area contributed by atoms with Crippen molar-refractivity contribution in [3.8, 4) is 23.0 Å². The minimum Gasteiger partial charge on any atom is -0.492 e. The van der Waals surface area contributed by atoms with Gasteiger partial charge in [0.15, 0.2) is 11.5 Å². The van der Waals surface area contributed by atoms with Gasteiger partial charge in [-0.1, -0.05) is 13.8 Å². The summed E-state index contributed by atoms with van der Waals surface area (Å²) in [5, 5.41) is 0. The molecule has 0 saturated carbocycles. The number of fused-ring (bicyclic) bond motifs is 1. The molecular weight excluding hydrogens is 208 g/mol. The van der Waals surface area contributed by atoms with Gasteiger partial charge in [0, 0.05) is 5.56 Å². The van der Waals surface area contributed by atoms with Crippen molar-refractivity contribution < 1.29 is 18.9 Å². The summed E-state index contributed by atoms with van der Waals surface area (Å²) in [5.74, 6) is 3.02. The molecule has 0 unspecified atom stereocenters. The van der Waals surface area contributed by atoms with E-state index in [-0.39, 0.29) is 6.79 Å². The van der Waals surface area contributed by atoms with Crippen molar-refractivity contribution in [3.05, 3.63) is 11.6 Å². The maximum absolute atomic E-state index is 5.39. The smallest absolute Gasteiger partial charge is 0.231 e. The van der Waals surface area contributed by atoms with Crippen molar-refractivity contribution in [3.63, 3.8) is 0 Å². The molecule has 0 bridgehead atoms. The van der Waals surface area contributed by atoms with Crippen molar-refractivity contribution in [1.82, 2.24) is 0 Å². The Balaban J connectivity index is 2.63. The van der Waals surface area contributed by atoms with E-state index < -0.39 is 0 Å². The first-order valence-electron chi connectivity index (χ1n) is 5.23. The monoisotopic (exact) mass is 224 g/mol. The average molecular weight is 224 g/mol. The van der Waals surface area contributed by atoms with E-state index >= 15 is 0 Å². The van der Waals surface area contributed by atoms with Crippen LogP contribution >= 0.6 is 0 Å². The molecule has 0 aliphatic carbocycles. The van der Waals surface area contributed by atoms with E-state index in [0.717, 1.165) is 17.1 Å². The SMILES string of the molecule is COc1c(C(C)C)cc2c(c1OC)OCO2. The Bertz CT molecular complexity index is 398. The molecule has 0 fully saturated rings. The largest absolute Gasteiger partial charge is 0.492 e. The van der Waals surface area contributed by atoms with Crippen molar-refractivity contribution in [2.24, 2.45) is 0 Å². The normalized spacial score (nSPS) is 13.1. The zero-order valence-electron chi connectivity index (χ0n) is 9.99. The molecule has 0 radical (unpaired) electrons. The van der Waals surface area contributed by atoms with Gasteiger partial charge in [-0.05, 0) is 12.0 Å². The summed E-state index contributed by atoms with van der Waals surface area (Å²) in [5.41, 5.74) is 1.06. The van der Waals surface area contributed by atoms with Gasteiger partial charge in [-0.15, -0.1) is 0 Å². The van der Waals surface area contributed by atoms with Crippen molar-refractivity contribution in [2.45, 2.75) is 19.8 Å². The lowest BCUT2D eigenvalue weighted by atomic mass is 10.0. The number of ether oxygens (including phenoxy) is 4. The third kappa shape index (κ3) is 1.54. The fraction of sp³-hybridized carbons (Fsp3) is 0.500. The first kappa shape index (κ1) is 10.9. The van der Waals surface area contributed by atoms with Gasteiger partial charge in [-0.2, -0.15) is 0 Å². The van der Waals surface area contributed by atoms with Crippen LogP contribution in [0.15, 0.2) is 6.07 Å². The molecule has 0 N–H and O–H groups in total. The lowest BCUT2D eigenvalue weighted by Gasteiger charge is -2.16. The minimum atomic E-state index is 0.233. The van der Waals surface area contributed by atoms with E-state index in [1.165, 1.54) is 0 Å². The van der Waals surface area contributed by atoms with E-state index in [2.05, 4.69) is 13.8 Å². The lowest BCUT2D eigenvalue weighted by Crippen LogP contribution is -1.98. The van der Waals surface area contributed by atoms with Crippen LogP contribution in [0.4, 0.5) is 0 Å². The highest BCUT2D eigenvalue weighted by atomic mass is 16.7. The topological polar surface area (TPSA) is 36.9 Å². The van der Waals surface area contributed by atoms with E-state index in [1.807, 2.05) is 6.07 Å². The van der Waals surface area contributed by atoms with Gasteiger partial charge in [0.25, 0.3) is 0 Å². The third-order valence-corrected chi connectivity index (χ3v) is 2.63. The fourth-order valence-electron chi connectivity index (χ4n) is 1.84. The molecule has 1 aliphatic rings. The molecule has 88 valence electrons. The Labute approximate surface area is 95.1 Å². The maximum Gasteiger partial charge on any atom is 0.231 e. The van der Waals surface area contributed by atoms with Gasteiger partial charge in [0.05, 0.1) is 14.2 Å². The van der Waals surface area contributed by atoms with Crippen LogP contribution in [0.5, 0.6) is 23.0 Å². The van der Waals surface area contributed by atoms with Crippen LogP contribution < -0.4 is 18.9 Å². The van der Waals surface area contributed by atoms with Gasteiger partial charge in [-0.25, -0.2) is 0 Å². The van der Waals surface area contributed by atoms with Crippen molar-refractivity contribution >= 4 is 0 Å². The number of benzene rings is 1. The van der Waals surface area contributed by atoms with Crippen LogP contribution in [0.3, 0.4) is 0 Å². The van der Waals surface area contributed by atoms with Gasteiger partial charge in [0.2, 0.25) is 18.3 Å². The number of methoxy groups -OCH3 is 2. The van der Waals surface area contributed by atoms with Crippen LogP contribution in [0.2, 0.25) is 0 Å². The first-order valence-corrected chi connectivity index (χ1v) is 5.23. The molecule has 4 nitrogen and oxygen atoms in total. The Morgan fingerprint density at radius 1 is 1.12 bits per heavy atom. The van der Waals surface area contributed by atoms with Crippen LogP contribution in [0.25, 0.3) is 0 Å². The summed E-state index contributed by atoms with van der Waals surface area (Å²) in [6, 6.07) is 1.95. The van der Waals surface area contributed by atoms with Gasteiger partial charge in [-0.3, -0.25) is 0 Å². The summed E-state index contributed by atoms with van der Waals surface area (Å²) in [6.45, 7) is 4.43. The molecule has 4 heteroatoms. The van der Waals surface area contributed by atoms with Crippen LogP contribution in [0, 0.1) is 0 Å².